The molecule has 1 saturated heterocycles. The van der Waals surface area contributed by atoms with Crippen LogP contribution in [0.1, 0.15) is 23.2 Å². The van der Waals surface area contributed by atoms with Gasteiger partial charge in [-0.3, -0.25) is 10.00 Å². The lowest BCUT2D eigenvalue weighted by atomic mass is 10.1. The van der Waals surface area contributed by atoms with Gasteiger partial charge in [0.25, 0.3) is 0 Å². The molecule has 1 N–H and O–H groups in total. The van der Waals surface area contributed by atoms with Gasteiger partial charge < -0.3 is 0 Å². The largest absolute Gasteiger partial charge is 0.295 e. The van der Waals surface area contributed by atoms with Gasteiger partial charge in [-0.05, 0) is 48.6 Å². The molecule has 1 aromatic heterocycles. The first-order valence-corrected chi connectivity index (χ1v) is 9.89. The van der Waals surface area contributed by atoms with Crippen molar-refractivity contribution >= 4 is 10.0 Å². The summed E-state index contributed by atoms with van der Waals surface area (Å²) < 4.78 is 27.4. The van der Waals surface area contributed by atoms with Crippen molar-refractivity contribution in [2.24, 2.45) is 0 Å². The van der Waals surface area contributed by atoms with E-state index in [2.05, 4.69) is 15.1 Å². The number of benzene rings is 1. The number of sulfonamides is 1. The lowest BCUT2D eigenvalue weighted by molar-refractivity contribution is 0.180. The maximum Gasteiger partial charge on any atom is 0.243 e. The molecule has 2 aliphatic rings. The van der Waals surface area contributed by atoms with Crippen LogP contribution in [0.2, 0.25) is 0 Å². The van der Waals surface area contributed by atoms with E-state index in [-0.39, 0.29) is 0 Å². The summed E-state index contributed by atoms with van der Waals surface area (Å²) in [4.78, 5) is 2.70. The van der Waals surface area contributed by atoms with E-state index in [4.69, 9.17) is 0 Å². The Balaban J connectivity index is 1.44. The van der Waals surface area contributed by atoms with Crippen LogP contribution in [-0.2, 0) is 29.4 Å². The molecule has 7 heteroatoms. The van der Waals surface area contributed by atoms with Gasteiger partial charge in [0.15, 0.2) is 0 Å². The number of rotatable bonds is 4. The molecule has 24 heavy (non-hydrogen) atoms. The molecule has 1 aliphatic heterocycles. The summed E-state index contributed by atoms with van der Waals surface area (Å²) in [7, 11) is -3.38. The zero-order valence-corrected chi connectivity index (χ0v) is 14.4. The summed E-state index contributed by atoms with van der Waals surface area (Å²) in [5.41, 5.74) is 3.57. The predicted octanol–water partition coefficient (Wildman–Crippen LogP) is 1.40. The summed E-state index contributed by atoms with van der Waals surface area (Å²) in [6.45, 7) is 3.33. The zero-order valence-electron chi connectivity index (χ0n) is 13.6. The van der Waals surface area contributed by atoms with Crippen LogP contribution < -0.4 is 0 Å². The van der Waals surface area contributed by atoms with Crippen LogP contribution in [0, 0.1) is 0 Å². The minimum atomic E-state index is -3.38. The second-order valence-electron chi connectivity index (χ2n) is 6.55. The molecule has 0 amide bonds. The molecule has 2 heterocycles. The first kappa shape index (κ1) is 15.8. The van der Waals surface area contributed by atoms with Gasteiger partial charge in [0.05, 0.1) is 4.90 Å². The van der Waals surface area contributed by atoms with Crippen molar-refractivity contribution in [2.45, 2.75) is 30.7 Å². The maximum atomic E-state index is 12.9. The highest BCUT2D eigenvalue weighted by molar-refractivity contribution is 7.89. The van der Waals surface area contributed by atoms with E-state index in [0.717, 1.165) is 44.6 Å². The zero-order chi connectivity index (χ0) is 16.6. The normalized spacial score (nSPS) is 19.5. The van der Waals surface area contributed by atoms with Gasteiger partial charge in [0.2, 0.25) is 10.0 Å². The Labute approximate surface area is 142 Å². The van der Waals surface area contributed by atoms with Crippen LogP contribution in [0.3, 0.4) is 0 Å². The van der Waals surface area contributed by atoms with E-state index in [1.54, 1.807) is 16.6 Å². The number of aromatic nitrogens is 2. The molecule has 0 saturated carbocycles. The van der Waals surface area contributed by atoms with Crippen molar-refractivity contribution in [1.29, 1.82) is 0 Å². The molecule has 0 radical (unpaired) electrons. The second-order valence-corrected chi connectivity index (χ2v) is 8.48. The van der Waals surface area contributed by atoms with E-state index in [9.17, 15) is 8.42 Å². The molecular formula is C17H22N4O2S. The Morgan fingerprint density at radius 1 is 1.04 bits per heavy atom. The van der Waals surface area contributed by atoms with Gasteiger partial charge in [0.1, 0.15) is 0 Å². The summed E-state index contributed by atoms with van der Waals surface area (Å²) in [6.07, 6.45) is 4.94. The fourth-order valence-corrected chi connectivity index (χ4v) is 5.07. The molecule has 0 unspecified atom stereocenters. The predicted molar refractivity (Wildman–Crippen MR) is 91.1 cm³/mol. The summed E-state index contributed by atoms with van der Waals surface area (Å²) in [6, 6.07) is 7.60. The Bertz CT molecular complexity index is 809. The van der Waals surface area contributed by atoms with Gasteiger partial charge >= 0.3 is 0 Å². The molecule has 1 fully saturated rings. The number of fused-ring (bicyclic) bond motifs is 1. The fraction of sp³-hybridized carbons (Fsp3) is 0.471. The van der Waals surface area contributed by atoms with Crippen molar-refractivity contribution in [1.82, 2.24) is 19.4 Å². The summed E-state index contributed by atoms with van der Waals surface area (Å²) >= 11 is 0. The lowest BCUT2D eigenvalue weighted by Gasteiger charge is -2.33. The molecule has 0 bridgehead atoms. The average molecular weight is 346 g/mol. The van der Waals surface area contributed by atoms with Gasteiger partial charge in [0, 0.05) is 44.6 Å². The van der Waals surface area contributed by atoms with Crippen LogP contribution >= 0.6 is 0 Å². The van der Waals surface area contributed by atoms with Crippen LogP contribution in [-0.4, -0.2) is 54.0 Å². The molecule has 0 atom stereocenters. The second kappa shape index (κ2) is 6.31. The number of hydrogen-bond donors (Lipinski definition) is 1. The maximum absolute atomic E-state index is 12.9. The highest BCUT2D eigenvalue weighted by Crippen LogP contribution is 2.26. The lowest BCUT2D eigenvalue weighted by Crippen LogP contribution is -2.48. The molecule has 6 nitrogen and oxygen atoms in total. The third kappa shape index (κ3) is 2.99. The third-order valence-electron chi connectivity index (χ3n) is 4.99. The molecule has 2 aromatic rings. The number of aryl methyl sites for hydroxylation is 2. The number of H-pyrrole nitrogens is 1. The topological polar surface area (TPSA) is 69.3 Å². The molecule has 4 rings (SSSR count). The number of piperazine rings is 1. The number of nitrogens with one attached hydrogen (secondary N) is 1. The first-order valence-electron chi connectivity index (χ1n) is 8.45. The standard InChI is InChI=1S/C17H22N4O2S/c22-24(23,17-5-4-14-2-1-3-15(14)12-17)21-10-8-20(9-11-21)13-16-6-7-18-19-16/h4-7,12H,1-3,8-11,13H2,(H,18,19). The molecule has 128 valence electrons. The average Bonchev–Trinajstić information content (AvgIpc) is 3.25. The van der Waals surface area contributed by atoms with Crippen molar-refractivity contribution in [3.63, 3.8) is 0 Å². The van der Waals surface area contributed by atoms with Gasteiger partial charge in [-0.2, -0.15) is 9.40 Å². The van der Waals surface area contributed by atoms with Crippen molar-refractivity contribution in [2.75, 3.05) is 26.2 Å². The fourth-order valence-electron chi connectivity index (χ4n) is 3.60. The number of aromatic amines is 1. The highest BCUT2D eigenvalue weighted by Gasteiger charge is 2.29. The quantitative estimate of drug-likeness (QED) is 0.909. The Morgan fingerprint density at radius 3 is 2.58 bits per heavy atom. The summed E-state index contributed by atoms with van der Waals surface area (Å²) in [5.74, 6) is 0. The van der Waals surface area contributed by atoms with Crippen LogP contribution in [0.25, 0.3) is 0 Å². The molecule has 0 spiro atoms. The molecular weight excluding hydrogens is 324 g/mol. The molecule has 1 aromatic carbocycles. The van der Waals surface area contributed by atoms with E-state index < -0.39 is 10.0 Å². The van der Waals surface area contributed by atoms with E-state index in [0.29, 0.717) is 18.0 Å². The van der Waals surface area contributed by atoms with Gasteiger partial charge in [-0.25, -0.2) is 8.42 Å². The van der Waals surface area contributed by atoms with Gasteiger partial charge in [-0.15, -0.1) is 0 Å². The minimum absolute atomic E-state index is 0.449. The smallest absolute Gasteiger partial charge is 0.243 e. The Hall–Kier alpha value is -1.70. The van der Waals surface area contributed by atoms with Crippen LogP contribution in [0.15, 0.2) is 35.4 Å². The summed E-state index contributed by atoms with van der Waals surface area (Å²) in [5, 5.41) is 6.90. The number of hydrogen-bond acceptors (Lipinski definition) is 4. The van der Waals surface area contributed by atoms with Gasteiger partial charge in [-0.1, -0.05) is 6.07 Å². The monoisotopic (exact) mass is 346 g/mol. The van der Waals surface area contributed by atoms with E-state index >= 15 is 0 Å². The van der Waals surface area contributed by atoms with Crippen molar-refractivity contribution in [3.05, 3.63) is 47.3 Å². The third-order valence-corrected chi connectivity index (χ3v) is 6.89. The van der Waals surface area contributed by atoms with Crippen LogP contribution in [0.5, 0.6) is 0 Å². The van der Waals surface area contributed by atoms with Crippen molar-refractivity contribution in [3.8, 4) is 0 Å². The minimum Gasteiger partial charge on any atom is -0.295 e. The highest BCUT2D eigenvalue weighted by atomic mass is 32.2. The first-order chi connectivity index (χ1) is 11.6. The van der Waals surface area contributed by atoms with Crippen molar-refractivity contribution < 1.29 is 8.42 Å². The Kier molecular flexibility index (Phi) is 4.15. The van der Waals surface area contributed by atoms with Crippen LogP contribution in [0.4, 0.5) is 0 Å². The van der Waals surface area contributed by atoms with E-state index in [1.165, 1.54) is 11.1 Å². The Morgan fingerprint density at radius 2 is 1.83 bits per heavy atom. The van der Waals surface area contributed by atoms with E-state index in [1.807, 2.05) is 18.2 Å². The molecule has 1 aliphatic carbocycles. The number of nitrogens with zero attached hydrogens (tertiary/aromatic N) is 3. The SMILES string of the molecule is O=S(=O)(c1ccc2c(c1)CCC2)N1CCN(Cc2ccn[nH]2)CC1.